The molecule has 2 aromatic carbocycles. The summed E-state index contributed by atoms with van der Waals surface area (Å²) in [5, 5.41) is 5.90. The number of methoxy groups -OCH3 is 1. The maximum Gasteiger partial charge on any atom is 0.234 e. The zero-order valence-electron chi connectivity index (χ0n) is 14.6. The Morgan fingerprint density at radius 2 is 1.80 bits per heavy atom. The Hall–Kier alpha value is -2.08. The van der Waals surface area contributed by atoms with Crippen LogP contribution in [0.15, 0.2) is 48.5 Å². The van der Waals surface area contributed by atoms with Crippen molar-refractivity contribution >= 4 is 18.3 Å². The summed E-state index contributed by atoms with van der Waals surface area (Å²) in [6.45, 7) is 3.96. The molecule has 0 fully saturated rings. The number of aryl methyl sites for hydroxylation is 1. The summed E-state index contributed by atoms with van der Waals surface area (Å²) in [7, 11) is 1.63. The molecule has 25 heavy (non-hydrogen) atoms. The van der Waals surface area contributed by atoms with Crippen molar-refractivity contribution in [3.8, 4) is 11.5 Å². The Morgan fingerprint density at radius 3 is 2.52 bits per heavy atom. The van der Waals surface area contributed by atoms with Gasteiger partial charge < -0.3 is 20.1 Å². The fraction of sp³-hybridized carbons (Fsp3) is 0.316. The fourth-order valence-corrected chi connectivity index (χ4v) is 2.12. The molecule has 0 heterocycles. The van der Waals surface area contributed by atoms with Crippen molar-refractivity contribution in [2.75, 3.05) is 26.8 Å². The predicted molar refractivity (Wildman–Crippen MR) is 102 cm³/mol. The van der Waals surface area contributed by atoms with E-state index in [1.165, 1.54) is 5.56 Å². The van der Waals surface area contributed by atoms with Crippen LogP contribution in [0.2, 0.25) is 0 Å². The largest absolute Gasteiger partial charge is 0.457 e. The topological polar surface area (TPSA) is 59.6 Å². The van der Waals surface area contributed by atoms with E-state index in [4.69, 9.17) is 9.47 Å². The Labute approximate surface area is 155 Å². The molecule has 0 bridgehead atoms. The van der Waals surface area contributed by atoms with Crippen molar-refractivity contribution in [3.05, 3.63) is 59.7 Å². The van der Waals surface area contributed by atoms with Gasteiger partial charge in [-0.15, -0.1) is 12.4 Å². The van der Waals surface area contributed by atoms with E-state index < -0.39 is 0 Å². The monoisotopic (exact) mass is 364 g/mol. The average molecular weight is 365 g/mol. The summed E-state index contributed by atoms with van der Waals surface area (Å²) < 4.78 is 10.8. The Kier molecular flexibility index (Phi) is 9.62. The predicted octanol–water partition coefficient (Wildman–Crippen LogP) is 3.06. The molecule has 0 unspecified atom stereocenters. The normalized spacial score (nSPS) is 10.0. The molecule has 0 atom stereocenters. The molecule has 1 amide bonds. The first-order valence-corrected chi connectivity index (χ1v) is 7.98. The highest BCUT2D eigenvalue weighted by molar-refractivity contribution is 5.85. The number of benzene rings is 2. The highest BCUT2D eigenvalue weighted by Gasteiger charge is 2.06. The number of nitrogens with one attached hydrogen (secondary N) is 2. The number of amides is 1. The smallest absolute Gasteiger partial charge is 0.234 e. The van der Waals surface area contributed by atoms with Crippen LogP contribution in [0.1, 0.15) is 11.1 Å². The zero-order valence-corrected chi connectivity index (χ0v) is 15.4. The van der Waals surface area contributed by atoms with Crippen LogP contribution in [0.25, 0.3) is 0 Å². The number of rotatable bonds is 9. The van der Waals surface area contributed by atoms with Gasteiger partial charge in [-0.25, -0.2) is 0 Å². The van der Waals surface area contributed by atoms with Crippen molar-refractivity contribution in [2.24, 2.45) is 0 Å². The van der Waals surface area contributed by atoms with Gasteiger partial charge in [0, 0.05) is 25.8 Å². The van der Waals surface area contributed by atoms with Crippen LogP contribution in [0.4, 0.5) is 0 Å². The molecular formula is C19H25ClN2O3. The number of carbonyl (C=O) groups excluding carboxylic acids is 1. The van der Waals surface area contributed by atoms with Crippen molar-refractivity contribution in [1.82, 2.24) is 10.6 Å². The third kappa shape index (κ3) is 7.56. The molecule has 5 nitrogen and oxygen atoms in total. The van der Waals surface area contributed by atoms with Crippen molar-refractivity contribution < 1.29 is 14.3 Å². The van der Waals surface area contributed by atoms with Crippen molar-refractivity contribution in [3.63, 3.8) is 0 Å². The van der Waals surface area contributed by atoms with Crippen LogP contribution < -0.4 is 15.4 Å². The molecule has 6 heteroatoms. The van der Waals surface area contributed by atoms with E-state index >= 15 is 0 Å². The summed E-state index contributed by atoms with van der Waals surface area (Å²) in [6.07, 6.45) is 0. The molecule has 0 radical (unpaired) electrons. The highest BCUT2D eigenvalue weighted by Crippen LogP contribution is 2.25. The van der Waals surface area contributed by atoms with Crippen LogP contribution in [-0.2, 0) is 16.1 Å². The zero-order chi connectivity index (χ0) is 17.2. The fourth-order valence-electron chi connectivity index (χ4n) is 2.12. The van der Waals surface area contributed by atoms with Gasteiger partial charge in [-0.05, 0) is 25.1 Å². The van der Waals surface area contributed by atoms with Crippen LogP contribution in [0.3, 0.4) is 0 Å². The lowest BCUT2D eigenvalue weighted by Gasteiger charge is -2.12. The van der Waals surface area contributed by atoms with Gasteiger partial charge in [0.25, 0.3) is 0 Å². The summed E-state index contributed by atoms with van der Waals surface area (Å²) in [5.41, 5.74) is 2.12. The van der Waals surface area contributed by atoms with Crippen LogP contribution in [-0.4, -0.2) is 32.7 Å². The third-order valence-corrected chi connectivity index (χ3v) is 3.47. The molecule has 0 spiro atoms. The Balaban J connectivity index is 0.00000312. The van der Waals surface area contributed by atoms with Crippen LogP contribution in [0.5, 0.6) is 11.5 Å². The second kappa shape index (κ2) is 11.5. The molecule has 2 rings (SSSR count). The maximum atomic E-state index is 11.8. The van der Waals surface area contributed by atoms with Gasteiger partial charge in [-0.2, -0.15) is 0 Å². The van der Waals surface area contributed by atoms with Gasteiger partial charge in [0.05, 0.1) is 13.2 Å². The van der Waals surface area contributed by atoms with E-state index in [0.717, 1.165) is 17.1 Å². The molecular weight excluding hydrogens is 340 g/mol. The minimum atomic E-state index is -0.0590. The lowest BCUT2D eigenvalue weighted by Crippen LogP contribution is -2.34. The molecule has 0 aliphatic rings. The average Bonchev–Trinajstić information content (AvgIpc) is 2.60. The van der Waals surface area contributed by atoms with Gasteiger partial charge in [-0.1, -0.05) is 35.9 Å². The number of para-hydroxylation sites is 1. The summed E-state index contributed by atoms with van der Waals surface area (Å²) in [5.74, 6) is 1.46. The summed E-state index contributed by atoms with van der Waals surface area (Å²) >= 11 is 0. The van der Waals surface area contributed by atoms with Gasteiger partial charge in [0.1, 0.15) is 11.5 Å². The SMILES string of the molecule is COCCNCC(=O)NCc1ccccc1Oc1ccc(C)cc1.Cl. The van der Waals surface area contributed by atoms with Crippen molar-refractivity contribution in [1.29, 1.82) is 0 Å². The number of hydrogen-bond donors (Lipinski definition) is 2. The lowest BCUT2D eigenvalue weighted by molar-refractivity contribution is -0.120. The van der Waals surface area contributed by atoms with E-state index in [0.29, 0.717) is 19.7 Å². The number of ether oxygens (including phenoxy) is 2. The number of carbonyl (C=O) groups is 1. The first-order valence-electron chi connectivity index (χ1n) is 7.98. The second-order valence-corrected chi connectivity index (χ2v) is 5.47. The van der Waals surface area contributed by atoms with Gasteiger partial charge in [-0.3, -0.25) is 4.79 Å². The van der Waals surface area contributed by atoms with Gasteiger partial charge >= 0.3 is 0 Å². The standard InChI is InChI=1S/C19H24N2O3.ClH/c1-15-7-9-17(10-8-15)24-18-6-4-3-5-16(18)13-21-19(22)14-20-11-12-23-2;/h3-10,20H,11-14H2,1-2H3,(H,21,22);1H. The first kappa shape index (κ1) is 21.0. The van der Waals surface area contributed by atoms with E-state index in [-0.39, 0.29) is 24.9 Å². The molecule has 2 N–H and O–H groups in total. The Bertz CT molecular complexity index is 647. The molecule has 0 aromatic heterocycles. The lowest BCUT2D eigenvalue weighted by atomic mass is 10.2. The van der Waals surface area contributed by atoms with Gasteiger partial charge in [0.15, 0.2) is 0 Å². The summed E-state index contributed by atoms with van der Waals surface area (Å²) in [4.78, 5) is 11.8. The molecule has 0 saturated heterocycles. The Morgan fingerprint density at radius 1 is 1.08 bits per heavy atom. The molecule has 2 aromatic rings. The van der Waals surface area contributed by atoms with E-state index in [1.54, 1.807) is 7.11 Å². The van der Waals surface area contributed by atoms with Crippen LogP contribution >= 0.6 is 12.4 Å². The maximum absolute atomic E-state index is 11.8. The molecule has 0 aliphatic carbocycles. The minimum Gasteiger partial charge on any atom is -0.457 e. The van der Waals surface area contributed by atoms with Gasteiger partial charge in [0.2, 0.25) is 5.91 Å². The number of halogens is 1. The molecule has 0 aliphatic heterocycles. The number of hydrogen-bond acceptors (Lipinski definition) is 4. The van der Waals surface area contributed by atoms with E-state index in [2.05, 4.69) is 10.6 Å². The van der Waals surface area contributed by atoms with E-state index in [1.807, 2.05) is 55.5 Å². The second-order valence-electron chi connectivity index (χ2n) is 5.47. The van der Waals surface area contributed by atoms with E-state index in [9.17, 15) is 4.79 Å². The third-order valence-electron chi connectivity index (χ3n) is 3.47. The minimum absolute atomic E-state index is 0. The quantitative estimate of drug-likeness (QED) is 0.671. The highest BCUT2D eigenvalue weighted by atomic mass is 35.5. The summed E-state index contributed by atoms with van der Waals surface area (Å²) in [6, 6.07) is 15.6. The van der Waals surface area contributed by atoms with Crippen LogP contribution in [0, 0.1) is 6.92 Å². The molecule has 136 valence electrons. The first-order chi connectivity index (χ1) is 11.7. The van der Waals surface area contributed by atoms with Crippen molar-refractivity contribution in [2.45, 2.75) is 13.5 Å². The molecule has 0 saturated carbocycles.